The minimum Gasteiger partial charge on any atom is -0.463 e. The van der Waals surface area contributed by atoms with E-state index in [2.05, 4.69) is 13.8 Å². The first-order valence-corrected chi connectivity index (χ1v) is 11.4. The molecule has 0 aliphatic heterocycles. The fraction of sp³-hybridized carbons (Fsp3) is 0.917. The van der Waals surface area contributed by atoms with Crippen LogP contribution in [-0.2, 0) is 14.3 Å². The van der Waals surface area contributed by atoms with Crippen LogP contribution in [0.25, 0.3) is 0 Å². The molecule has 4 nitrogen and oxygen atoms in total. The van der Waals surface area contributed by atoms with Gasteiger partial charge in [-0.25, -0.2) is 0 Å². The molecule has 158 valence electrons. The fourth-order valence-corrected chi connectivity index (χ4v) is 8.54. The third-order valence-electron chi connectivity index (χ3n) is 9.49. The lowest BCUT2D eigenvalue weighted by atomic mass is 9.44. The van der Waals surface area contributed by atoms with E-state index in [1.165, 1.54) is 6.92 Å². The predicted molar refractivity (Wildman–Crippen MR) is 107 cm³/mol. The molecule has 0 radical (unpaired) electrons. The van der Waals surface area contributed by atoms with E-state index in [1.54, 1.807) is 0 Å². The molecule has 0 aromatic carbocycles. The number of Topliss-reactive ketones (excluding diaryl/α,β-unsaturated/α-hetero) is 1. The van der Waals surface area contributed by atoms with Crippen molar-refractivity contribution in [2.45, 2.75) is 97.7 Å². The van der Waals surface area contributed by atoms with Gasteiger partial charge in [0.2, 0.25) is 0 Å². The second kappa shape index (κ2) is 6.55. The topological polar surface area (TPSA) is 63.6 Å². The Morgan fingerprint density at radius 2 is 1.82 bits per heavy atom. The van der Waals surface area contributed by atoms with Gasteiger partial charge in [-0.15, -0.1) is 0 Å². The average molecular weight is 391 g/mol. The average Bonchev–Trinajstić information content (AvgIpc) is 2.91. The molecule has 8 atom stereocenters. The highest BCUT2D eigenvalue weighted by Crippen LogP contribution is 2.67. The quantitative estimate of drug-likeness (QED) is 0.704. The van der Waals surface area contributed by atoms with E-state index in [0.717, 1.165) is 44.9 Å². The first kappa shape index (κ1) is 20.4. The van der Waals surface area contributed by atoms with Gasteiger partial charge in [-0.2, -0.15) is 0 Å². The summed E-state index contributed by atoms with van der Waals surface area (Å²) in [5, 5.41) is 10.8. The van der Waals surface area contributed by atoms with Crippen LogP contribution in [0.2, 0.25) is 0 Å². The Bertz CT molecular complexity index is 664. The van der Waals surface area contributed by atoms with Gasteiger partial charge in [0.1, 0.15) is 11.9 Å². The third kappa shape index (κ3) is 2.97. The smallest absolute Gasteiger partial charge is 0.302 e. The van der Waals surface area contributed by atoms with Crippen molar-refractivity contribution in [3.63, 3.8) is 0 Å². The van der Waals surface area contributed by atoms with Crippen LogP contribution in [0.1, 0.15) is 86.0 Å². The van der Waals surface area contributed by atoms with Gasteiger partial charge in [-0.1, -0.05) is 13.8 Å². The third-order valence-corrected chi connectivity index (χ3v) is 9.49. The van der Waals surface area contributed by atoms with Gasteiger partial charge < -0.3 is 9.84 Å². The molecule has 4 saturated carbocycles. The number of rotatable bonds is 2. The Labute approximate surface area is 169 Å². The van der Waals surface area contributed by atoms with Crippen molar-refractivity contribution >= 4 is 11.8 Å². The van der Waals surface area contributed by atoms with Crippen molar-refractivity contribution in [2.75, 3.05) is 0 Å². The van der Waals surface area contributed by atoms with Crippen LogP contribution in [0.4, 0.5) is 0 Å². The van der Waals surface area contributed by atoms with Crippen LogP contribution < -0.4 is 0 Å². The lowest BCUT2D eigenvalue weighted by Gasteiger charge is -2.60. The second-order valence-electron chi connectivity index (χ2n) is 11.5. The zero-order valence-electron chi connectivity index (χ0n) is 18.3. The summed E-state index contributed by atoms with van der Waals surface area (Å²) in [6.07, 6.45) is 7.89. The molecule has 0 amide bonds. The van der Waals surface area contributed by atoms with E-state index in [-0.39, 0.29) is 34.7 Å². The van der Waals surface area contributed by atoms with Crippen LogP contribution in [0.3, 0.4) is 0 Å². The summed E-state index contributed by atoms with van der Waals surface area (Å²) in [4.78, 5) is 25.0. The highest BCUT2D eigenvalue weighted by atomic mass is 16.5. The van der Waals surface area contributed by atoms with Gasteiger partial charge in [0, 0.05) is 19.3 Å². The summed E-state index contributed by atoms with van der Waals surface area (Å²) in [6, 6.07) is 0. The minimum absolute atomic E-state index is 0.0298. The Morgan fingerprint density at radius 1 is 1.11 bits per heavy atom. The van der Waals surface area contributed by atoms with E-state index >= 15 is 0 Å². The van der Waals surface area contributed by atoms with Crippen LogP contribution >= 0.6 is 0 Å². The number of carbonyl (C=O) groups excluding carboxylic acids is 2. The number of hydrogen-bond donors (Lipinski definition) is 1. The van der Waals surface area contributed by atoms with Crippen molar-refractivity contribution in [1.82, 2.24) is 0 Å². The molecule has 4 rings (SSSR count). The molecule has 2 unspecified atom stereocenters. The summed E-state index contributed by atoms with van der Waals surface area (Å²) >= 11 is 0. The Kier molecular flexibility index (Phi) is 4.77. The SMILES string of the molecule is CC(=O)OC1CC[C@@]2(C)C(CC[C@H]3[C@@H]4CC[C@H](C(C)(C)O)[C@@]4(C)CC(=O)[C@@H]32)C1. The lowest BCUT2D eigenvalue weighted by Crippen LogP contribution is -2.58. The zero-order chi connectivity index (χ0) is 20.5. The number of ketones is 1. The van der Waals surface area contributed by atoms with Crippen molar-refractivity contribution < 1.29 is 19.4 Å². The molecule has 0 heterocycles. The summed E-state index contributed by atoms with van der Waals surface area (Å²) in [7, 11) is 0. The van der Waals surface area contributed by atoms with Crippen LogP contribution in [0, 0.1) is 40.4 Å². The maximum Gasteiger partial charge on any atom is 0.302 e. The van der Waals surface area contributed by atoms with Gasteiger partial charge in [0.15, 0.2) is 0 Å². The Hall–Kier alpha value is -0.900. The van der Waals surface area contributed by atoms with Gasteiger partial charge in [0.25, 0.3) is 0 Å². The zero-order valence-corrected chi connectivity index (χ0v) is 18.3. The Morgan fingerprint density at radius 3 is 2.46 bits per heavy atom. The van der Waals surface area contributed by atoms with E-state index in [0.29, 0.717) is 30.0 Å². The molecule has 4 heteroatoms. The van der Waals surface area contributed by atoms with Gasteiger partial charge in [0.05, 0.1) is 5.60 Å². The van der Waals surface area contributed by atoms with E-state index in [9.17, 15) is 14.7 Å². The molecule has 4 aliphatic carbocycles. The molecular weight excluding hydrogens is 352 g/mol. The summed E-state index contributed by atoms with van der Waals surface area (Å²) in [5.74, 6) is 2.11. The highest BCUT2D eigenvalue weighted by molar-refractivity contribution is 5.84. The molecule has 4 aliphatic rings. The second-order valence-corrected chi connectivity index (χ2v) is 11.5. The number of carbonyl (C=O) groups is 2. The molecule has 0 bridgehead atoms. The molecule has 4 fully saturated rings. The van der Waals surface area contributed by atoms with Crippen molar-refractivity contribution in [3.8, 4) is 0 Å². The first-order chi connectivity index (χ1) is 13.0. The summed E-state index contributed by atoms with van der Waals surface area (Å²) < 4.78 is 5.53. The van der Waals surface area contributed by atoms with Crippen LogP contribution in [0.5, 0.6) is 0 Å². The van der Waals surface area contributed by atoms with Gasteiger partial charge in [-0.05, 0) is 93.3 Å². The van der Waals surface area contributed by atoms with Crippen molar-refractivity contribution in [1.29, 1.82) is 0 Å². The van der Waals surface area contributed by atoms with Gasteiger partial charge in [-0.3, -0.25) is 9.59 Å². The predicted octanol–water partition coefficient (Wildman–Crippen LogP) is 4.53. The summed E-state index contributed by atoms with van der Waals surface area (Å²) in [6.45, 7) is 9.98. The number of hydrogen-bond acceptors (Lipinski definition) is 4. The van der Waals surface area contributed by atoms with E-state index < -0.39 is 5.60 Å². The summed E-state index contributed by atoms with van der Waals surface area (Å²) in [5.41, 5.74) is -0.737. The minimum atomic E-state index is -0.722. The largest absolute Gasteiger partial charge is 0.463 e. The number of fused-ring (bicyclic) bond motifs is 5. The monoisotopic (exact) mass is 390 g/mol. The van der Waals surface area contributed by atoms with E-state index in [1.807, 2.05) is 13.8 Å². The fourth-order valence-electron chi connectivity index (χ4n) is 8.54. The number of ether oxygens (including phenoxy) is 1. The molecule has 0 aromatic rings. The van der Waals surface area contributed by atoms with Crippen molar-refractivity contribution in [2.24, 2.45) is 40.4 Å². The normalized spacial score (nSPS) is 48.4. The van der Waals surface area contributed by atoms with Crippen LogP contribution in [-0.4, -0.2) is 28.6 Å². The van der Waals surface area contributed by atoms with E-state index in [4.69, 9.17) is 4.74 Å². The van der Waals surface area contributed by atoms with Crippen LogP contribution in [0.15, 0.2) is 0 Å². The lowest BCUT2D eigenvalue weighted by molar-refractivity contribution is -0.172. The molecule has 0 aromatic heterocycles. The number of aliphatic hydroxyl groups is 1. The molecule has 0 saturated heterocycles. The Balaban J connectivity index is 1.60. The molecule has 28 heavy (non-hydrogen) atoms. The van der Waals surface area contributed by atoms with Gasteiger partial charge >= 0.3 is 5.97 Å². The number of esters is 1. The molecule has 1 N–H and O–H groups in total. The first-order valence-electron chi connectivity index (χ1n) is 11.4. The highest BCUT2D eigenvalue weighted by Gasteiger charge is 2.64. The van der Waals surface area contributed by atoms with Crippen molar-refractivity contribution in [3.05, 3.63) is 0 Å². The maximum absolute atomic E-state index is 13.6. The standard InChI is InChI=1S/C24H38O4/c1-14(25)28-16-10-11-23(4)15(12-16)6-7-17-18-8-9-20(22(2,3)27)24(18,5)13-19(26)21(17)23/h15-18,20-21,27H,6-13H2,1-5H3/t15?,16?,17-,18-,20+,21+,23-,24-/m0/s1. The molecule has 0 spiro atoms. The molecular formula is C24H38O4. The maximum atomic E-state index is 13.6.